The van der Waals surface area contributed by atoms with Crippen molar-refractivity contribution < 1.29 is 14.3 Å². The van der Waals surface area contributed by atoms with Gasteiger partial charge in [-0.3, -0.25) is 4.79 Å². The van der Waals surface area contributed by atoms with Gasteiger partial charge in [-0.15, -0.1) is 0 Å². The molecule has 0 atom stereocenters. The Labute approximate surface area is 124 Å². The SMILES string of the molecule is O=C(NCC1CCCCC1)c1cc(C#CCO)ccc1F. The van der Waals surface area contributed by atoms with Crippen LogP contribution in [0.4, 0.5) is 4.39 Å². The fourth-order valence-electron chi connectivity index (χ4n) is 2.64. The second-order valence-corrected chi connectivity index (χ2v) is 5.37. The summed E-state index contributed by atoms with van der Waals surface area (Å²) >= 11 is 0. The third-order valence-corrected chi connectivity index (χ3v) is 3.80. The summed E-state index contributed by atoms with van der Waals surface area (Å²) in [6.45, 7) is 0.339. The number of aliphatic hydroxyl groups is 1. The van der Waals surface area contributed by atoms with E-state index < -0.39 is 11.7 Å². The van der Waals surface area contributed by atoms with Crippen LogP contribution in [0.5, 0.6) is 0 Å². The maximum absolute atomic E-state index is 13.7. The van der Waals surface area contributed by atoms with Crippen molar-refractivity contribution in [2.45, 2.75) is 32.1 Å². The molecule has 0 aliphatic heterocycles. The number of carbonyl (C=O) groups is 1. The minimum absolute atomic E-state index is 0.00977. The van der Waals surface area contributed by atoms with E-state index in [1.807, 2.05) is 0 Å². The average molecular weight is 289 g/mol. The summed E-state index contributed by atoms with van der Waals surface area (Å²) in [4.78, 5) is 12.1. The molecule has 2 rings (SSSR count). The van der Waals surface area contributed by atoms with Gasteiger partial charge in [0.2, 0.25) is 0 Å². The van der Waals surface area contributed by atoms with E-state index in [4.69, 9.17) is 5.11 Å². The first-order valence-corrected chi connectivity index (χ1v) is 7.38. The van der Waals surface area contributed by atoms with Crippen molar-refractivity contribution in [1.82, 2.24) is 5.32 Å². The van der Waals surface area contributed by atoms with Gasteiger partial charge < -0.3 is 10.4 Å². The van der Waals surface area contributed by atoms with Crippen LogP contribution in [0.3, 0.4) is 0 Å². The largest absolute Gasteiger partial charge is 0.384 e. The summed E-state index contributed by atoms with van der Waals surface area (Å²) in [5.41, 5.74) is 0.531. The first-order chi connectivity index (χ1) is 10.2. The van der Waals surface area contributed by atoms with E-state index in [1.165, 1.54) is 37.5 Å². The molecule has 0 unspecified atom stereocenters. The molecule has 0 bridgehead atoms. The standard InChI is InChI=1S/C17H20FNO2/c18-16-9-8-13(7-4-10-20)11-15(16)17(21)19-12-14-5-2-1-3-6-14/h8-9,11,14,20H,1-3,5-6,10,12H2,(H,19,21). The van der Waals surface area contributed by atoms with Crippen LogP contribution in [0.1, 0.15) is 48.0 Å². The predicted octanol–water partition coefficient (Wildman–Crippen LogP) is 2.48. The lowest BCUT2D eigenvalue weighted by atomic mass is 9.89. The molecule has 0 saturated heterocycles. The highest BCUT2D eigenvalue weighted by molar-refractivity contribution is 5.94. The monoisotopic (exact) mass is 289 g/mol. The molecule has 1 aliphatic rings. The van der Waals surface area contributed by atoms with Gasteiger partial charge in [-0.05, 0) is 37.0 Å². The van der Waals surface area contributed by atoms with Crippen LogP contribution in [0.15, 0.2) is 18.2 Å². The molecule has 1 aromatic carbocycles. The Morgan fingerprint density at radius 3 is 2.81 bits per heavy atom. The average Bonchev–Trinajstić information content (AvgIpc) is 2.53. The van der Waals surface area contributed by atoms with Crippen LogP contribution in [-0.2, 0) is 0 Å². The van der Waals surface area contributed by atoms with Gasteiger partial charge in [0.05, 0.1) is 5.56 Å². The van der Waals surface area contributed by atoms with Gasteiger partial charge in [0.1, 0.15) is 12.4 Å². The van der Waals surface area contributed by atoms with E-state index in [-0.39, 0.29) is 12.2 Å². The van der Waals surface area contributed by atoms with Crippen LogP contribution in [0.25, 0.3) is 0 Å². The molecule has 0 aromatic heterocycles. The molecule has 1 saturated carbocycles. The molecule has 21 heavy (non-hydrogen) atoms. The second-order valence-electron chi connectivity index (χ2n) is 5.37. The highest BCUT2D eigenvalue weighted by Gasteiger charge is 2.16. The fourth-order valence-corrected chi connectivity index (χ4v) is 2.64. The van der Waals surface area contributed by atoms with E-state index >= 15 is 0 Å². The quantitative estimate of drug-likeness (QED) is 0.840. The normalized spacial score (nSPS) is 15.1. The summed E-state index contributed by atoms with van der Waals surface area (Å²) in [6, 6.07) is 4.15. The minimum Gasteiger partial charge on any atom is -0.384 e. The topological polar surface area (TPSA) is 49.3 Å². The molecule has 1 fully saturated rings. The third kappa shape index (κ3) is 4.57. The van der Waals surface area contributed by atoms with Gasteiger partial charge in [0, 0.05) is 12.1 Å². The third-order valence-electron chi connectivity index (χ3n) is 3.80. The molecule has 0 spiro atoms. The van der Waals surface area contributed by atoms with Crippen LogP contribution >= 0.6 is 0 Å². The summed E-state index contributed by atoms with van der Waals surface area (Å²) < 4.78 is 13.7. The van der Waals surface area contributed by atoms with E-state index in [2.05, 4.69) is 17.2 Å². The van der Waals surface area contributed by atoms with Crippen molar-refractivity contribution in [3.8, 4) is 11.8 Å². The van der Waals surface area contributed by atoms with Crippen LogP contribution in [0.2, 0.25) is 0 Å². The van der Waals surface area contributed by atoms with Crippen molar-refractivity contribution in [3.05, 3.63) is 35.1 Å². The first-order valence-electron chi connectivity index (χ1n) is 7.38. The van der Waals surface area contributed by atoms with Gasteiger partial charge in [-0.2, -0.15) is 0 Å². The lowest BCUT2D eigenvalue weighted by molar-refractivity contribution is 0.0939. The number of amides is 1. The van der Waals surface area contributed by atoms with E-state index in [1.54, 1.807) is 0 Å². The van der Waals surface area contributed by atoms with Gasteiger partial charge in [0.15, 0.2) is 0 Å². The molecule has 0 radical (unpaired) electrons. The first kappa shape index (κ1) is 15.5. The smallest absolute Gasteiger partial charge is 0.254 e. The molecule has 4 heteroatoms. The number of carbonyl (C=O) groups excluding carboxylic acids is 1. The Kier molecular flexibility index (Phi) is 5.77. The number of aliphatic hydroxyl groups excluding tert-OH is 1. The van der Waals surface area contributed by atoms with Crippen molar-refractivity contribution >= 4 is 5.91 Å². The van der Waals surface area contributed by atoms with Crippen molar-refractivity contribution in [2.24, 2.45) is 5.92 Å². The van der Waals surface area contributed by atoms with Crippen molar-refractivity contribution in [2.75, 3.05) is 13.2 Å². The van der Waals surface area contributed by atoms with Crippen molar-refractivity contribution in [3.63, 3.8) is 0 Å². The highest BCUT2D eigenvalue weighted by atomic mass is 19.1. The Bertz CT molecular complexity index is 554. The number of halogens is 1. The number of hydrogen-bond donors (Lipinski definition) is 2. The minimum atomic E-state index is -0.550. The Hall–Kier alpha value is -1.86. The van der Waals surface area contributed by atoms with Crippen LogP contribution in [-0.4, -0.2) is 24.2 Å². The summed E-state index contributed by atoms with van der Waals surface area (Å²) in [5, 5.41) is 11.5. The van der Waals surface area contributed by atoms with Gasteiger partial charge in [-0.25, -0.2) is 4.39 Å². The summed E-state index contributed by atoms with van der Waals surface area (Å²) in [5.74, 6) is 4.72. The van der Waals surface area contributed by atoms with E-state index in [0.29, 0.717) is 18.0 Å². The molecule has 2 N–H and O–H groups in total. The number of hydrogen-bond acceptors (Lipinski definition) is 2. The Balaban J connectivity index is 2.00. The lowest BCUT2D eigenvalue weighted by Gasteiger charge is -2.21. The van der Waals surface area contributed by atoms with Gasteiger partial charge in [0.25, 0.3) is 5.91 Å². The maximum atomic E-state index is 13.7. The van der Waals surface area contributed by atoms with Crippen LogP contribution in [0, 0.1) is 23.6 Å². The van der Waals surface area contributed by atoms with E-state index in [0.717, 1.165) is 12.8 Å². The Morgan fingerprint density at radius 2 is 2.10 bits per heavy atom. The molecule has 1 amide bonds. The van der Waals surface area contributed by atoms with Crippen LogP contribution < -0.4 is 5.32 Å². The van der Waals surface area contributed by atoms with Gasteiger partial charge in [-0.1, -0.05) is 31.1 Å². The molecule has 0 heterocycles. The van der Waals surface area contributed by atoms with Gasteiger partial charge >= 0.3 is 0 Å². The van der Waals surface area contributed by atoms with E-state index in [9.17, 15) is 9.18 Å². The molecular formula is C17H20FNO2. The highest BCUT2D eigenvalue weighted by Crippen LogP contribution is 2.22. The molecular weight excluding hydrogens is 269 g/mol. The number of nitrogens with one attached hydrogen (secondary N) is 1. The number of benzene rings is 1. The number of rotatable bonds is 3. The predicted molar refractivity (Wildman–Crippen MR) is 79.3 cm³/mol. The molecule has 1 aliphatic carbocycles. The summed E-state index contributed by atoms with van der Waals surface area (Å²) in [7, 11) is 0. The molecule has 112 valence electrons. The second kappa shape index (κ2) is 7.80. The lowest BCUT2D eigenvalue weighted by Crippen LogP contribution is -2.30. The summed E-state index contributed by atoms with van der Waals surface area (Å²) in [6.07, 6.45) is 5.95. The molecule has 3 nitrogen and oxygen atoms in total. The zero-order chi connectivity index (χ0) is 15.1. The zero-order valence-electron chi connectivity index (χ0n) is 12.0. The fraction of sp³-hybridized carbons (Fsp3) is 0.471. The van der Waals surface area contributed by atoms with Crippen molar-refractivity contribution in [1.29, 1.82) is 0 Å². The molecule has 1 aromatic rings. The zero-order valence-corrected chi connectivity index (χ0v) is 12.0. The Morgan fingerprint density at radius 1 is 1.33 bits per heavy atom. The maximum Gasteiger partial charge on any atom is 0.254 e.